The van der Waals surface area contributed by atoms with Crippen molar-refractivity contribution in [1.29, 1.82) is 0 Å². The maximum Gasteiger partial charge on any atom is 0.168 e. The molecule has 0 fully saturated rings. The topological polar surface area (TPSA) is 15.6 Å². The lowest BCUT2D eigenvalue weighted by atomic mass is 10.2. The molecule has 0 atom stereocenters. The summed E-state index contributed by atoms with van der Waals surface area (Å²) >= 11 is 5.60. The van der Waals surface area contributed by atoms with Crippen LogP contribution in [0.5, 0.6) is 0 Å². The van der Waals surface area contributed by atoms with E-state index < -0.39 is 0 Å². The molecule has 108 valence electrons. The SMILES string of the molecule is CCC1=C(c2cc3c(SC)cccc3s2)N2CCN=C2S1. The molecule has 2 aliphatic heterocycles. The first kappa shape index (κ1) is 13.7. The van der Waals surface area contributed by atoms with E-state index in [1.165, 1.54) is 35.6 Å². The third-order valence-corrected chi connectivity index (χ3v) is 7.01. The van der Waals surface area contributed by atoms with Crippen LogP contribution in [0.4, 0.5) is 0 Å². The summed E-state index contributed by atoms with van der Waals surface area (Å²) in [5.41, 5.74) is 1.41. The average Bonchev–Trinajstić information content (AvgIpc) is 3.18. The maximum absolute atomic E-state index is 4.62. The van der Waals surface area contributed by atoms with Gasteiger partial charge in [0.1, 0.15) is 0 Å². The number of hydrogen-bond acceptors (Lipinski definition) is 5. The number of aliphatic imine (C=N–C) groups is 1. The first-order valence-electron chi connectivity index (χ1n) is 7.11. The van der Waals surface area contributed by atoms with Crippen molar-refractivity contribution >= 4 is 55.8 Å². The molecule has 0 spiro atoms. The van der Waals surface area contributed by atoms with Crippen LogP contribution in [-0.4, -0.2) is 29.4 Å². The molecule has 2 nitrogen and oxygen atoms in total. The van der Waals surface area contributed by atoms with Crippen molar-refractivity contribution in [2.45, 2.75) is 18.2 Å². The third-order valence-electron chi connectivity index (χ3n) is 3.85. The Bertz CT molecular complexity index is 773. The zero-order valence-corrected chi connectivity index (χ0v) is 14.5. The largest absolute Gasteiger partial charge is 0.317 e. The molecule has 0 amide bonds. The number of benzene rings is 1. The summed E-state index contributed by atoms with van der Waals surface area (Å²) in [6, 6.07) is 8.98. The Morgan fingerprint density at radius 2 is 2.29 bits per heavy atom. The van der Waals surface area contributed by atoms with Gasteiger partial charge in [-0.3, -0.25) is 4.99 Å². The van der Waals surface area contributed by atoms with E-state index in [2.05, 4.69) is 47.3 Å². The molecule has 5 heteroatoms. The second-order valence-corrected chi connectivity index (χ2v) is 8.02. The summed E-state index contributed by atoms with van der Waals surface area (Å²) in [5, 5.41) is 2.59. The van der Waals surface area contributed by atoms with Gasteiger partial charge in [-0.15, -0.1) is 23.1 Å². The van der Waals surface area contributed by atoms with Crippen LogP contribution in [0, 0.1) is 0 Å². The van der Waals surface area contributed by atoms with Crippen molar-refractivity contribution in [3.8, 4) is 0 Å². The highest BCUT2D eigenvalue weighted by molar-refractivity contribution is 8.17. The summed E-state index contributed by atoms with van der Waals surface area (Å²) in [5.74, 6) is 0. The van der Waals surface area contributed by atoms with Gasteiger partial charge < -0.3 is 4.90 Å². The quantitative estimate of drug-likeness (QED) is 0.726. The van der Waals surface area contributed by atoms with Gasteiger partial charge in [-0.25, -0.2) is 0 Å². The lowest BCUT2D eigenvalue weighted by Crippen LogP contribution is -2.19. The standard InChI is InChI=1S/C16H16N2S3/c1-3-11-15(18-8-7-17-16(18)21-11)14-9-10-12(19-2)5-4-6-13(10)20-14/h4-6,9H,3,7-8H2,1-2H3. The van der Waals surface area contributed by atoms with E-state index in [1.807, 2.05) is 34.9 Å². The lowest BCUT2D eigenvalue weighted by molar-refractivity contribution is 0.648. The fourth-order valence-corrected chi connectivity index (χ4v) is 5.90. The summed E-state index contributed by atoms with van der Waals surface area (Å²) in [7, 11) is 0. The molecule has 0 saturated carbocycles. The molecule has 4 rings (SSSR count). The molecule has 0 N–H and O–H groups in total. The Balaban J connectivity index is 1.87. The molecule has 3 heterocycles. The van der Waals surface area contributed by atoms with Crippen LogP contribution < -0.4 is 0 Å². The fourth-order valence-electron chi connectivity index (χ4n) is 2.87. The van der Waals surface area contributed by atoms with Crippen molar-refractivity contribution < 1.29 is 0 Å². The number of thiophene rings is 1. The molecule has 0 unspecified atom stereocenters. The molecule has 0 bridgehead atoms. The monoisotopic (exact) mass is 332 g/mol. The second-order valence-electron chi connectivity index (χ2n) is 5.03. The van der Waals surface area contributed by atoms with Gasteiger partial charge in [0.2, 0.25) is 0 Å². The molecule has 2 aliphatic rings. The highest BCUT2D eigenvalue weighted by Crippen LogP contribution is 2.46. The minimum absolute atomic E-state index is 0.934. The predicted molar refractivity (Wildman–Crippen MR) is 97.4 cm³/mol. The smallest absolute Gasteiger partial charge is 0.168 e. The van der Waals surface area contributed by atoms with E-state index in [4.69, 9.17) is 0 Å². The molecular weight excluding hydrogens is 316 g/mol. The first-order valence-corrected chi connectivity index (χ1v) is 9.97. The molecule has 0 aliphatic carbocycles. The maximum atomic E-state index is 4.62. The molecule has 0 radical (unpaired) electrons. The molecule has 1 aromatic carbocycles. The Hall–Kier alpha value is -0.910. The zero-order valence-electron chi connectivity index (χ0n) is 12.0. The van der Waals surface area contributed by atoms with Crippen LogP contribution in [0.3, 0.4) is 0 Å². The third kappa shape index (κ3) is 2.14. The summed E-state index contributed by atoms with van der Waals surface area (Å²) in [6.07, 6.45) is 3.23. The number of amidine groups is 1. The van der Waals surface area contributed by atoms with Gasteiger partial charge in [0, 0.05) is 26.4 Å². The van der Waals surface area contributed by atoms with Crippen molar-refractivity contribution in [3.63, 3.8) is 0 Å². The van der Waals surface area contributed by atoms with Crippen LogP contribution in [0.15, 0.2) is 39.1 Å². The number of allylic oxidation sites excluding steroid dienone is 1. The van der Waals surface area contributed by atoms with Gasteiger partial charge in [0.15, 0.2) is 5.17 Å². The van der Waals surface area contributed by atoms with E-state index in [1.54, 1.807) is 0 Å². The average molecular weight is 333 g/mol. The molecule has 1 aromatic heterocycles. The van der Waals surface area contributed by atoms with E-state index in [9.17, 15) is 0 Å². The van der Waals surface area contributed by atoms with E-state index in [-0.39, 0.29) is 0 Å². The number of fused-ring (bicyclic) bond motifs is 2. The van der Waals surface area contributed by atoms with E-state index >= 15 is 0 Å². The summed E-state index contributed by atoms with van der Waals surface area (Å²) in [6.45, 7) is 4.21. The second kappa shape index (κ2) is 5.38. The molecule has 0 saturated heterocycles. The lowest BCUT2D eigenvalue weighted by Gasteiger charge is -2.15. The Kier molecular flexibility index (Phi) is 3.52. The number of rotatable bonds is 3. The van der Waals surface area contributed by atoms with Gasteiger partial charge in [-0.05, 0) is 30.9 Å². The van der Waals surface area contributed by atoms with Crippen LogP contribution >= 0.6 is 34.9 Å². The van der Waals surface area contributed by atoms with E-state index in [0.29, 0.717) is 0 Å². The zero-order chi connectivity index (χ0) is 14.4. The van der Waals surface area contributed by atoms with Crippen molar-refractivity contribution in [2.24, 2.45) is 4.99 Å². The van der Waals surface area contributed by atoms with Gasteiger partial charge >= 0.3 is 0 Å². The first-order chi connectivity index (χ1) is 10.3. The van der Waals surface area contributed by atoms with E-state index in [0.717, 1.165) is 19.5 Å². The van der Waals surface area contributed by atoms with Gasteiger partial charge in [0.05, 0.1) is 17.1 Å². The molecular formula is C16H16N2S3. The summed E-state index contributed by atoms with van der Waals surface area (Å²) in [4.78, 5) is 11.3. The van der Waals surface area contributed by atoms with Crippen LogP contribution in [0.25, 0.3) is 15.8 Å². The minimum Gasteiger partial charge on any atom is -0.317 e. The Morgan fingerprint density at radius 3 is 3.10 bits per heavy atom. The molecule has 21 heavy (non-hydrogen) atoms. The summed E-state index contributed by atoms with van der Waals surface area (Å²) < 4.78 is 1.38. The predicted octanol–water partition coefficient (Wildman–Crippen LogP) is 5.12. The van der Waals surface area contributed by atoms with Crippen LogP contribution in [0.2, 0.25) is 0 Å². The Morgan fingerprint density at radius 1 is 1.38 bits per heavy atom. The van der Waals surface area contributed by atoms with Crippen molar-refractivity contribution in [2.75, 3.05) is 19.3 Å². The van der Waals surface area contributed by atoms with Gasteiger partial charge in [0.25, 0.3) is 0 Å². The Labute approximate surface area is 137 Å². The van der Waals surface area contributed by atoms with Crippen molar-refractivity contribution in [1.82, 2.24) is 4.90 Å². The number of hydrogen-bond donors (Lipinski definition) is 0. The van der Waals surface area contributed by atoms with Gasteiger partial charge in [-0.2, -0.15) is 0 Å². The van der Waals surface area contributed by atoms with Crippen LogP contribution in [0.1, 0.15) is 18.2 Å². The minimum atomic E-state index is 0.934. The highest BCUT2D eigenvalue weighted by atomic mass is 32.2. The van der Waals surface area contributed by atoms with Crippen molar-refractivity contribution in [3.05, 3.63) is 34.0 Å². The number of thioether (sulfide) groups is 2. The number of nitrogens with zero attached hydrogens (tertiary/aromatic N) is 2. The fraction of sp³-hybridized carbons (Fsp3) is 0.312. The van der Waals surface area contributed by atoms with Crippen LogP contribution in [-0.2, 0) is 0 Å². The van der Waals surface area contributed by atoms with Gasteiger partial charge in [-0.1, -0.05) is 24.8 Å². The molecule has 2 aromatic rings. The normalized spacial score (nSPS) is 17.8. The highest BCUT2D eigenvalue weighted by Gasteiger charge is 2.32.